The van der Waals surface area contributed by atoms with E-state index in [-0.39, 0.29) is 28.4 Å². The van der Waals surface area contributed by atoms with Gasteiger partial charge in [-0.25, -0.2) is 12.7 Å². The van der Waals surface area contributed by atoms with Gasteiger partial charge >= 0.3 is 0 Å². The van der Waals surface area contributed by atoms with Gasteiger partial charge in [0.05, 0.1) is 27.2 Å². The summed E-state index contributed by atoms with van der Waals surface area (Å²) in [6.45, 7) is 0. The van der Waals surface area contributed by atoms with Crippen LogP contribution < -0.4 is 9.62 Å². The number of halogens is 2. The van der Waals surface area contributed by atoms with Crippen LogP contribution >= 0.6 is 23.2 Å². The van der Waals surface area contributed by atoms with Crippen LogP contribution in [0.1, 0.15) is 16.8 Å². The largest absolute Gasteiger partial charge is 0.321 e. The highest BCUT2D eigenvalue weighted by atomic mass is 35.5. The standard InChI is InChI=1S/C16H12Cl2N2O4S/c17-12-5-2-6-13(15(12)18)19-16(22)10-3-1-4-11(9-10)20-14(21)7-8-25(20,23)24/h1-6,9H,7-8H2,(H,19,22). The van der Waals surface area contributed by atoms with Gasteiger partial charge in [0.15, 0.2) is 0 Å². The van der Waals surface area contributed by atoms with E-state index >= 15 is 0 Å². The minimum atomic E-state index is -3.69. The number of sulfonamides is 1. The molecule has 1 aliphatic rings. The van der Waals surface area contributed by atoms with Crippen molar-refractivity contribution in [2.45, 2.75) is 6.42 Å². The zero-order chi connectivity index (χ0) is 18.2. The summed E-state index contributed by atoms with van der Waals surface area (Å²) in [5.74, 6) is -1.26. The summed E-state index contributed by atoms with van der Waals surface area (Å²) in [7, 11) is -3.69. The Balaban J connectivity index is 1.90. The van der Waals surface area contributed by atoms with Gasteiger partial charge in [0.25, 0.3) is 5.91 Å². The number of hydrogen-bond donors (Lipinski definition) is 1. The van der Waals surface area contributed by atoms with Gasteiger partial charge in [0, 0.05) is 12.0 Å². The van der Waals surface area contributed by atoms with Crippen molar-refractivity contribution in [3.8, 4) is 0 Å². The lowest BCUT2D eigenvalue weighted by atomic mass is 10.1. The first-order chi connectivity index (χ1) is 11.8. The second-order valence-electron chi connectivity index (χ2n) is 5.33. The molecule has 1 fully saturated rings. The first-order valence-corrected chi connectivity index (χ1v) is 9.57. The molecule has 0 unspecified atom stereocenters. The van der Waals surface area contributed by atoms with E-state index in [1.807, 2.05) is 0 Å². The van der Waals surface area contributed by atoms with E-state index in [2.05, 4.69) is 5.32 Å². The monoisotopic (exact) mass is 398 g/mol. The molecule has 2 amide bonds. The van der Waals surface area contributed by atoms with Crippen molar-refractivity contribution in [3.05, 3.63) is 58.1 Å². The van der Waals surface area contributed by atoms with Crippen LogP contribution in [0.4, 0.5) is 11.4 Å². The number of hydrogen-bond acceptors (Lipinski definition) is 4. The molecule has 25 heavy (non-hydrogen) atoms. The van der Waals surface area contributed by atoms with Crippen LogP contribution in [0.3, 0.4) is 0 Å². The Bertz CT molecular complexity index is 976. The molecule has 2 aromatic carbocycles. The van der Waals surface area contributed by atoms with E-state index < -0.39 is 21.8 Å². The number of rotatable bonds is 3. The molecule has 1 aliphatic heterocycles. The number of nitrogens with zero attached hydrogens (tertiary/aromatic N) is 1. The summed E-state index contributed by atoms with van der Waals surface area (Å²) in [4.78, 5) is 24.3. The molecule has 3 rings (SSSR count). The highest BCUT2D eigenvalue weighted by molar-refractivity contribution is 7.94. The van der Waals surface area contributed by atoms with E-state index in [0.29, 0.717) is 10.7 Å². The zero-order valence-corrected chi connectivity index (χ0v) is 15.0. The molecule has 130 valence electrons. The number of carbonyl (C=O) groups excluding carboxylic acids is 2. The van der Waals surface area contributed by atoms with Gasteiger partial charge in [-0.05, 0) is 30.3 Å². The molecule has 6 nitrogen and oxygen atoms in total. The third-order valence-corrected chi connectivity index (χ3v) is 6.13. The number of benzene rings is 2. The van der Waals surface area contributed by atoms with E-state index in [1.165, 1.54) is 24.3 Å². The van der Waals surface area contributed by atoms with Crippen LogP contribution in [0.2, 0.25) is 10.0 Å². The number of anilines is 2. The molecule has 0 aliphatic carbocycles. The molecular formula is C16H12Cl2N2O4S. The topological polar surface area (TPSA) is 83.6 Å². The summed E-state index contributed by atoms with van der Waals surface area (Å²) in [6, 6.07) is 10.6. The minimum absolute atomic E-state index is 0.0725. The quantitative estimate of drug-likeness (QED) is 0.859. The second-order valence-corrected chi connectivity index (χ2v) is 8.05. The first kappa shape index (κ1) is 17.7. The van der Waals surface area contributed by atoms with Crippen LogP contribution in [-0.4, -0.2) is 26.0 Å². The molecule has 0 spiro atoms. The Kier molecular flexibility index (Phi) is 4.73. The number of nitrogens with one attached hydrogen (secondary N) is 1. The molecule has 1 saturated heterocycles. The highest BCUT2D eigenvalue weighted by Gasteiger charge is 2.36. The first-order valence-electron chi connectivity index (χ1n) is 7.21. The van der Waals surface area contributed by atoms with Gasteiger partial charge in [0.1, 0.15) is 0 Å². The minimum Gasteiger partial charge on any atom is -0.321 e. The Morgan fingerprint density at radius 1 is 1.12 bits per heavy atom. The van der Waals surface area contributed by atoms with Gasteiger partial charge in [-0.3, -0.25) is 9.59 Å². The SMILES string of the molecule is O=C(Nc1cccc(Cl)c1Cl)c1cccc(N2C(=O)CCS2(=O)=O)c1. The Morgan fingerprint density at radius 3 is 2.52 bits per heavy atom. The predicted molar refractivity (Wildman–Crippen MR) is 96.7 cm³/mol. The predicted octanol–water partition coefficient (Wildman–Crippen LogP) is 3.31. The fourth-order valence-corrected chi connectivity index (χ4v) is 4.24. The molecule has 0 atom stereocenters. The molecule has 1 N–H and O–H groups in total. The van der Waals surface area contributed by atoms with Crippen LogP contribution in [0.5, 0.6) is 0 Å². The van der Waals surface area contributed by atoms with Gasteiger partial charge in [-0.2, -0.15) is 0 Å². The Hall–Kier alpha value is -2.09. The van der Waals surface area contributed by atoms with E-state index in [4.69, 9.17) is 23.2 Å². The fraction of sp³-hybridized carbons (Fsp3) is 0.125. The molecular weight excluding hydrogens is 387 g/mol. The van der Waals surface area contributed by atoms with E-state index in [9.17, 15) is 18.0 Å². The summed E-state index contributed by atoms with van der Waals surface area (Å²) >= 11 is 11.9. The molecule has 0 bridgehead atoms. The van der Waals surface area contributed by atoms with Crippen molar-refractivity contribution >= 4 is 56.4 Å². The number of amides is 2. The van der Waals surface area contributed by atoms with Crippen molar-refractivity contribution in [3.63, 3.8) is 0 Å². The number of carbonyl (C=O) groups is 2. The third kappa shape index (κ3) is 3.49. The average Bonchev–Trinajstić information content (AvgIpc) is 2.85. The maximum absolute atomic E-state index is 12.4. The van der Waals surface area contributed by atoms with Gasteiger partial charge < -0.3 is 5.32 Å². The lowest BCUT2D eigenvalue weighted by molar-refractivity contribution is -0.116. The average molecular weight is 399 g/mol. The maximum atomic E-state index is 12.4. The van der Waals surface area contributed by atoms with Gasteiger partial charge in [-0.15, -0.1) is 0 Å². The summed E-state index contributed by atoms with van der Waals surface area (Å²) in [5.41, 5.74) is 0.644. The Labute approximate surface area is 154 Å². The Morgan fingerprint density at radius 2 is 1.84 bits per heavy atom. The third-order valence-electron chi connectivity index (χ3n) is 3.62. The second kappa shape index (κ2) is 6.67. The molecule has 1 heterocycles. The smallest absolute Gasteiger partial charge is 0.255 e. The fourth-order valence-electron chi connectivity index (χ4n) is 2.44. The van der Waals surface area contributed by atoms with Crippen LogP contribution in [0, 0.1) is 0 Å². The lowest BCUT2D eigenvalue weighted by Crippen LogP contribution is -2.29. The lowest BCUT2D eigenvalue weighted by Gasteiger charge is -2.16. The zero-order valence-electron chi connectivity index (χ0n) is 12.7. The molecule has 9 heteroatoms. The van der Waals surface area contributed by atoms with Crippen LogP contribution in [0.15, 0.2) is 42.5 Å². The summed E-state index contributed by atoms with van der Waals surface area (Å²) < 4.78 is 24.7. The van der Waals surface area contributed by atoms with Gasteiger partial charge in [0.2, 0.25) is 15.9 Å². The molecule has 0 radical (unpaired) electrons. The van der Waals surface area contributed by atoms with Crippen molar-refractivity contribution in [1.82, 2.24) is 0 Å². The van der Waals surface area contributed by atoms with Crippen molar-refractivity contribution < 1.29 is 18.0 Å². The highest BCUT2D eigenvalue weighted by Crippen LogP contribution is 2.30. The van der Waals surface area contributed by atoms with Crippen LogP contribution in [-0.2, 0) is 14.8 Å². The summed E-state index contributed by atoms with van der Waals surface area (Å²) in [6.07, 6.45) is -0.0725. The van der Waals surface area contributed by atoms with E-state index in [1.54, 1.807) is 18.2 Å². The van der Waals surface area contributed by atoms with E-state index in [0.717, 1.165) is 4.31 Å². The van der Waals surface area contributed by atoms with Crippen molar-refractivity contribution in [2.24, 2.45) is 0 Å². The van der Waals surface area contributed by atoms with Crippen LogP contribution in [0.25, 0.3) is 0 Å². The van der Waals surface area contributed by atoms with Crippen molar-refractivity contribution in [2.75, 3.05) is 15.4 Å². The molecule has 0 aromatic heterocycles. The van der Waals surface area contributed by atoms with Crippen molar-refractivity contribution in [1.29, 1.82) is 0 Å². The molecule has 0 saturated carbocycles. The normalized spacial score (nSPS) is 16.1. The maximum Gasteiger partial charge on any atom is 0.255 e. The van der Waals surface area contributed by atoms with Gasteiger partial charge in [-0.1, -0.05) is 35.3 Å². The summed E-state index contributed by atoms with van der Waals surface area (Å²) in [5, 5.41) is 3.10. The molecule has 2 aromatic rings.